The van der Waals surface area contributed by atoms with E-state index in [1.54, 1.807) is 34.2 Å². The number of benzene rings is 1. The highest BCUT2D eigenvalue weighted by Gasteiger charge is 2.30. The van der Waals surface area contributed by atoms with Gasteiger partial charge >= 0.3 is 0 Å². The zero-order valence-corrected chi connectivity index (χ0v) is 17.3. The smallest absolute Gasteiger partial charge is 0.186 e. The van der Waals surface area contributed by atoms with Crippen LogP contribution in [0.2, 0.25) is 0 Å². The molecule has 0 spiro atoms. The summed E-state index contributed by atoms with van der Waals surface area (Å²) in [6.07, 6.45) is 3.68. The van der Waals surface area contributed by atoms with Crippen LogP contribution in [0.1, 0.15) is 24.7 Å². The molecule has 9 heteroatoms. The summed E-state index contributed by atoms with van der Waals surface area (Å²) in [5.41, 5.74) is 2.92. The highest BCUT2D eigenvalue weighted by atomic mass is 32.1. The molecule has 0 radical (unpaired) electrons. The molecule has 0 saturated carbocycles. The zero-order valence-electron chi connectivity index (χ0n) is 16.4. The molecule has 1 aliphatic rings. The van der Waals surface area contributed by atoms with E-state index in [0.29, 0.717) is 16.9 Å². The maximum atomic E-state index is 14.2. The van der Waals surface area contributed by atoms with E-state index in [1.165, 1.54) is 6.07 Å². The maximum Gasteiger partial charge on any atom is 0.186 e. The molecule has 0 aliphatic carbocycles. The van der Waals surface area contributed by atoms with Gasteiger partial charge in [-0.15, -0.1) is 15.3 Å². The predicted molar refractivity (Wildman–Crippen MR) is 117 cm³/mol. The van der Waals surface area contributed by atoms with E-state index >= 15 is 0 Å². The minimum atomic E-state index is -0.262. The van der Waals surface area contributed by atoms with Gasteiger partial charge in [0, 0.05) is 23.1 Å². The number of hydrogen-bond acceptors (Lipinski definition) is 6. The molecular weight excluding hydrogens is 413 g/mol. The molecule has 154 valence electrons. The number of hydrogen-bond donors (Lipinski definition) is 1. The van der Waals surface area contributed by atoms with E-state index in [4.69, 9.17) is 5.10 Å². The molecule has 5 aromatic rings. The summed E-state index contributed by atoms with van der Waals surface area (Å²) in [4.78, 5) is 10.1. The number of nitrogens with one attached hydrogen (secondary N) is 1. The van der Waals surface area contributed by atoms with Crippen LogP contribution in [-0.2, 0) is 0 Å². The third kappa shape index (κ3) is 3.09. The van der Waals surface area contributed by atoms with Crippen molar-refractivity contribution in [2.75, 3.05) is 11.4 Å². The third-order valence-corrected chi connectivity index (χ3v) is 6.33. The van der Waals surface area contributed by atoms with Crippen molar-refractivity contribution in [1.29, 1.82) is 0 Å². The number of aromatic nitrogens is 6. The van der Waals surface area contributed by atoms with Crippen molar-refractivity contribution in [3.05, 3.63) is 71.1 Å². The average molecular weight is 432 g/mol. The van der Waals surface area contributed by atoms with Crippen molar-refractivity contribution in [2.24, 2.45) is 0 Å². The van der Waals surface area contributed by atoms with Crippen molar-refractivity contribution in [1.82, 2.24) is 29.8 Å². The van der Waals surface area contributed by atoms with Crippen LogP contribution >= 0.6 is 11.3 Å². The third-order valence-electron chi connectivity index (χ3n) is 5.65. The van der Waals surface area contributed by atoms with Crippen molar-refractivity contribution >= 4 is 22.8 Å². The number of H-pyrrole nitrogens is 1. The van der Waals surface area contributed by atoms with Gasteiger partial charge in [-0.2, -0.15) is 15.9 Å². The van der Waals surface area contributed by atoms with Crippen LogP contribution in [0.4, 0.5) is 10.2 Å². The number of fused-ring (bicyclic) bond motifs is 1. The molecule has 0 amide bonds. The Morgan fingerprint density at radius 2 is 2.03 bits per heavy atom. The van der Waals surface area contributed by atoms with Gasteiger partial charge in [-0.25, -0.2) is 9.37 Å². The van der Waals surface area contributed by atoms with E-state index in [0.717, 1.165) is 42.4 Å². The normalized spacial score (nSPS) is 16.4. The van der Waals surface area contributed by atoms with Crippen LogP contribution < -0.4 is 4.90 Å². The summed E-state index contributed by atoms with van der Waals surface area (Å²) in [6.45, 7) is 0.870. The highest BCUT2D eigenvalue weighted by molar-refractivity contribution is 7.08. The first-order chi connectivity index (χ1) is 15.3. The Morgan fingerprint density at radius 1 is 1.10 bits per heavy atom. The number of thiophene rings is 1. The second-order valence-electron chi connectivity index (χ2n) is 7.51. The van der Waals surface area contributed by atoms with Crippen LogP contribution in [-0.4, -0.2) is 36.3 Å². The van der Waals surface area contributed by atoms with Gasteiger partial charge in [0.2, 0.25) is 0 Å². The van der Waals surface area contributed by atoms with E-state index in [2.05, 4.69) is 25.1 Å². The standard InChI is InChI=1S/C22H18FN7S/c23-16-5-2-1-4-15(16)17-12-24-21(25-17)18-6-3-10-29(18)20-8-7-19-26-27-22(30(19)28-20)14-9-11-31-13-14/h1-2,4-5,7-9,11-13,18H,3,6,10H2,(H,24,25). The highest BCUT2D eigenvalue weighted by Crippen LogP contribution is 2.35. The minimum absolute atomic E-state index is 0.0477. The predicted octanol–water partition coefficient (Wildman–Crippen LogP) is 4.72. The van der Waals surface area contributed by atoms with E-state index in [9.17, 15) is 4.39 Å². The number of halogens is 1. The Hall–Kier alpha value is -3.59. The van der Waals surface area contributed by atoms with Crippen molar-refractivity contribution in [2.45, 2.75) is 18.9 Å². The lowest BCUT2D eigenvalue weighted by Gasteiger charge is -2.24. The van der Waals surface area contributed by atoms with Crippen molar-refractivity contribution < 1.29 is 4.39 Å². The first kappa shape index (κ1) is 18.2. The number of nitrogens with zero attached hydrogens (tertiary/aromatic N) is 6. The molecule has 0 bridgehead atoms. The van der Waals surface area contributed by atoms with Gasteiger partial charge in [0.25, 0.3) is 0 Å². The van der Waals surface area contributed by atoms with Crippen molar-refractivity contribution in [3.8, 4) is 22.6 Å². The Labute approximate surface area is 181 Å². The molecule has 5 heterocycles. The van der Waals surface area contributed by atoms with Crippen LogP contribution in [0.25, 0.3) is 28.3 Å². The van der Waals surface area contributed by atoms with E-state index in [1.807, 2.05) is 35.0 Å². The van der Waals surface area contributed by atoms with Gasteiger partial charge in [0.1, 0.15) is 17.5 Å². The van der Waals surface area contributed by atoms with Gasteiger partial charge in [-0.1, -0.05) is 12.1 Å². The lowest BCUT2D eigenvalue weighted by atomic mass is 10.1. The molecule has 6 rings (SSSR count). The fraction of sp³-hybridized carbons (Fsp3) is 0.182. The summed E-state index contributed by atoms with van der Waals surface area (Å²) in [5.74, 6) is 2.13. The quantitative estimate of drug-likeness (QED) is 0.446. The maximum absolute atomic E-state index is 14.2. The lowest BCUT2D eigenvalue weighted by Crippen LogP contribution is -2.25. The Kier molecular flexibility index (Phi) is 4.27. The first-order valence-electron chi connectivity index (χ1n) is 10.1. The van der Waals surface area contributed by atoms with E-state index in [-0.39, 0.29) is 11.9 Å². The van der Waals surface area contributed by atoms with Crippen LogP contribution in [0, 0.1) is 5.82 Å². The van der Waals surface area contributed by atoms with Gasteiger partial charge in [0.05, 0.1) is 17.9 Å². The molecule has 1 fully saturated rings. The molecule has 1 saturated heterocycles. The molecule has 1 aromatic carbocycles. The fourth-order valence-corrected chi connectivity index (χ4v) is 4.79. The second-order valence-corrected chi connectivity index (χ2v) is 8.29. The zero-order chi connectivity index (χ0) is 20.8. The minimum Gasteiger partial charge on any atom is -0.345 e. The summed E-state index contributed by atoms with van der Waals surface area (Å²) in [7, 11) is 0. The van der Waals surface area contributed by atoms with Gasteiger partial charge in [0.15, 0.2) is 11.5 Å². The summed E-state index contributed by atoms with van der Waals surface area (Å²) >= 11 is 1.62. The van der Waals surface area contributed by atoms with Crippen LogP contribution in [0.5, 0.6) is 0 Å². The Balaban J connectivity index is 1.36. The molecule has 31 heavy (non-hydrogen) atoms. The fourth-order valence-electron chi connectivity index (χ4n) is 4.15. The van der Waals surface area contributed by atoms with E-state index < -0.39 is 0 Å². The van der Waals surface area contributed by atoms with Gasteiger partial charge in [-0.3, -0.25) is 0 Å². The Morgan fingerprint density at radius 3 is 2.90 bits per heavy atom. The average Bonchev–Trinajstić information content (AvgIpc) is 3.59. The number of imidazole rings is 1. The van der Waals surface area contributed by atoms with Crippen LogP contribution in [0.3, 0.4) is 0 Å². The molecule has 7 nitrogen and oxygen atoms in total. The first-order valence-corrected chi connectivity index (χ1v) is 11.0. The topological polar surface area (TPSA) is 75.0 Å². The summed E-state index contributed by atoms with van der Waals surface area (Å²) in [6, 6.07) is 12.7. The molecule has 1 unspecified atom stereocenters. The van der Waals surface area contributed by atoms with Gasteiger partial charge < -0.3 is 9.88 Å². The SMILES string of the molecule is Fc1ccccc1-c1cnc(C2CCCN2c2ccc3nnc(-c4ccsc4)n3n2)[nH]1. The molecule has 1 N–H and O–H groups in total. The number of anilines is 1. The second kappa shape index (κ2) is 7.28. The summed E-state index contributed by atoms with van der Waals surface area (Å²) in [5, 5.41) is 17.5. The molecular formula is C22H18FN7S. The molecule has 1 atom stereocenters. The summed E-state index contributed by atoms with van der Waals surface area (Å²) < 4.78 is 16.0. The molecule has 1 aliphatic heterocycles. The van der Waals surface area contributed by atoms with Crippen LogP contribution in [0.15, 0.2) is 59.4 Å². The largest absolute Gasteiger partial charge is 0.345 e. The molecule has 4 aromatic heterocycles. The number of aromatic amines is 1. The number of rotatable bonds is 4. The monoisotopic (exact) mass is 431 g/mol. The van der Waals surface area contributed by atoms with Gasteiger partial charge in [-0.05, 0) is 48.6 Å². The lowest BCUT2D eigenvalue weighted by molar-refractivity contribution is 0.630. The Bertz CT molecular complexity index is 1360. The van der Waals surface area contributed by atoms with Crippen molar-refractivity contribution in [3.63, 3.8) is 0 Å².